The molecule has 2 amide bonds. The first kappa shape index (κ1) is 9.51. The summed E-state index contributed by atoms with van der Waals surface area (Å²) in [5, 5.41) is 0. The van der Waals surface area contributed by atoms with Crippen LogP contribution in [-0.4, -0.2) is 23.8 Å². The van der Waals surface area contributed by atoms with Crippen molar-refractivity contribution in [2.45, 2.75) is 11.8 Å². The average Bonchev–Trinajstić information content (AvgIpc) is 2.99. The SMILES string of the molecule is CN1C(=O)C2CC2(c2ccc(F)cc2)C1=O. The summed E-state index contributed by atoms with van der Waals surface area (Å²) >= 11 is 0. The molecule has 2 atom stereocenters. The van der Waals surface area contributed by atoms with E-state index < -0.39 is 5.41 Å². The van der Waals surface area contributed by atoms with Crippen LogP contribution >= 0.6 is 0 Å². The molecule has 0 spiro atoms. The van der Waals surface area contributed by atoms with Gasteiger partial charge in [-0.15, -0.1) is 0 Å². The Morgan fingerprint density at radius 3 is 2.44 bits per heavy atom. The van der Waals surface area contributed by atoms with Gasteiger partial charge in [-0.1, -0.05) is 12.1 Å². The fourth-order valence-corrected chi connectivity index (χ4v) is 2.62. The molecule has 0 N–H and O–H groups in total. The van der Waals surface area contributed by atoms with E-state index in [2.05, 4.69) is 0 Å². The van der Waals surface area contributed by atoms with E-state index in [-0.39, 0.29) is 23.5 Å². The molecule has 0 aromatic heterocycles. The highest BCUT2D eigenvalue weighted by Gasteiger charge is 2.71. The molecule has 1 saturated heterocycles. The second-order valence-electron chi connectivity index (χ2n) is 4.44. The van der Waals surface area contributed by atoms with E-state index in [4.69, 9.17) is 0 Å². The predicted octanol–water partition coefficient (Wildman–Crippen LogP) is 1.08. The first-order valence-electron chi connectivity index (χ1n) is 5.15. The molecule has 2 aliphatic rings. The molecule has 1 aromatic rings. The third-order valence-corrected chi connectivity index (χ3v) is 3.64. The zero-order chi connectivity index (χ0) is 11.5. The van der Waals surface area contributed by atoms with Gasteiger partial charge in [-0.3, -0.25) is 14.5 Å². The molecule has 1 aliphatic heterocycles. The summed E-state index contributed by atoms with van der Waals surface area (Å²) < 4.78 is 12.8. The van der Waals surface area contributed by atoms with Crippen molar-refractivity contribution in [3.63, 3.8) is 0 Å². The number of fused-ring (bicyclic) bond motifs is 1. The molecule has 0 radical (unpaired) electrons. The summed E-state index contributed by atoms with van der Waals surface area (Å²) in [4.78, 5) is 24.8. The maximum Gasteiger partial charge on any atom is 0.240 e. The molecular formula is C12H10FNO2. The number of hydrogen-bond acceptors (Lipinski definition) is 2. The normalized spacial score (nSPS) is 31.9. The summed E-state index contributed by atoms with van der Waals surface area (Å²) in [5.41, 5.74) is 0.0705. The lowest BCUT2D eigenvalue weighted by Crippen LogP contribution is -2.32. The van der Waals surface area contributed by atoms with Gasteiger partial charge in [0.1, 0.15) is 5.82 Å². The Bertz CT molecular complexity index is 496. The number of likely N-dealkylation sites (tertiary alicyclic amines) is 1. The number of likely N-dealkylation sites (N-methyl/N-ethyl adjacent to an activating group) is 1. The number of hydrogen-bond donors (Lipinski definition) is 0. The molecule has 3 rings (SSSR count). The molecule has 4 heteroatoms. The van der Waals surface area contributed by atoms with Gasteiger partial charge < -0.3 is 0 Å². The van der Waals surface area contributed by atoms with Crippen molar-refractivity contribution >= 4 is 11.8 Å². The van der Waals surface area contributed by atoms with Gasteiger partial charge in [0.15, 0.2) is 0 Å². The van der Waals surface area contributed by atoms with Gasteiger partial charge in [0, 0.05) is 7.05 Å². The minimum absolute atomic E-state index is 0.116. The lowest BCUT2D eigenvalue weighted by molar-refractivity contribution is -0.140. The zero-order valence-corrected chi connectivity index (χ0v) is 8.74. The quantitative estimate of drug-likeness (QED) is 0.663. The molecular weight excluding hydrogens is 209 g/mol. The molecule has 2 unspecified atom stereocenters. The molecule has 3 nitrogen and oxygen atoms in total. The number of amides is 2. The smallest absolute Gasteiger partial charge is 0.240 e. The van der Waals surface area contributed by atoms with E-state index in [9.17, 15) is 14.0 Å². The monoisotopic (exact) mass is 219 g/mol. The van der Waals surface area contributed by atoms with E-state index in [1.807, 2.05) is 0 Å². The van der Waals surface area contributed by atoms with E-state index >= 15 is 0 Å². The van der Waals surface area contributed by atoms with Crippen LogP contribution in [0.15, 0.2) is 24.3 Å². The summed E-state index contributed by atoms with van der Waals surface area (Å²) in [7, 11) is 1.50. The summed E-state index contributed by atoms with van der Waals surface area (Å²) in [6, 6.07) is 5.85. The molecule has 82 valence electrons. The van der Waals surface area contributed by atoms with Gasteiger partial charge in [-0.2, -0.15) is 0 Å². The highest BCUT2D eigenvalue weighted by Crippen LogP contribution is 2.60. The van der Waals surface area contributed by atoms with Crippen LogP contribution in [0.25, 0.3) is 0 Å². The minimum Gasteiger partial charge on any atom is -0.285 e. The van der Waals surface area contributed by atoms with E-state index in [1.54, 1.807) is 12.1 Å². The van der Waals surface area contributed by atoms with Crippen molar-refractivity contribution in [3.05, 3.63) is 35.6 Å². The Balaban J connectivity index is 2.06. The van der Waals surface area contributed by atoms with Gasteiger partial charge in [0.25, 0.3) is 0 Å². The highest BCUT2D eigenvalue weighted by molar-refractivity contribution is 6.14. The zero-order valence-electron chi connectivity index (χ0n) is 8.74. The second-order valence-corrected chi connectivity index (χ2v) is 4.44. The molecule has 2 fully saturated rings. The predicted molar refractivity (Wildman–Crippen MR) is 54.0 cm³/mol. The Morgan fingerprint density at radius 1 is 1.31 bits per heavy atom. The summed E-state index contributed by atoms with van der Waals surface area (Å²) in [6.45, 7) is 0. The number of benzene rings is 1. The van der Waals surface area contributed by atoms with E-state index in [1.165, 1.54) is 24.1 Å². The Kier molecular flexibility index (Phi) is 1.60. The number of carbonyl (C=O) groups is 2. The third kappa shape index (κ3) is 0.919. The average molecular weight is 219 g/mol. The number of nitrogens with zero attached hydrogens (tertiary/aromatic N) is 1. The third-order valence-electron chi connectivity index (χ3n) is 3.64. The summed E-state index contributed by atoms with van der Waals surface area (Å²) in [6.07, 6.45) is 0.570. The highest BCUT2D eigenvalue weighted by atomic mass is 19.1. The molecule has 1 aliphatic carbocycles. The van der Waals surface area contributed by atoms with Gasteiger partial charge in [0.2, 0.25) is 11.8 Å². The van der Waals surface area contributed by atoms with Crippen LogP contribution in [0.2, 0.25) is 0 Å². The van der Waals surface area contributed by atoms with Crippen molar-refractivity contribution in [2.24, 2.45) is 5.92 Å². The maximum absolute atomic E-state index is 12.8. The van der Waals surface area contributed by atoms with Crippen LogP contribution < -0.4 is 0 Å². The first-order valence-corrected chi connectivity index (χ1v) is 5.15. The standard InChI is InChI=1S/C12H10FNO2/c1-14-10(15)9-6-12(9,11(14)16)7-2-4-8(13)5-3-7/h2-5,9H,6H2,1H3. The lowest BCUT2D eigenvalue weighted by atomic mass is 9.94. The second kappa shape index (κ2) is 2.70. The fourth-order valence-electron chi connectivity index (χ4n) is 2.62. The lowest BCUT2D eigenvalue weighted by Gasteiger charge is -2.14. The Labute approximate surface area is 91.9 Å². The van der Waals surface area contributed by atoms with Crippen molar-refractivity contribution in [1.29, 1.82) is 0 Å². The Morgan fingerprint density at radius 2 is 1.94 bits per heavy atom. The van der Waals surface area contributed by atoms with Gasteiger partial charge in [0.05, 0.1) is 11.3 Å². The maximum atomic E-state index is 12.8. The number of halogens is 1. The molecule has 1 aromatic carbocycles. The molecule has 16 heavy (non-hydrogen) atoms. The summed E-state index contributed by atoms with van der Waals surface area (Å²) in [5.74, 6) is -0.832. The van der Waals surface area contributed by atoms with Crippen LogP contribution in [0, 0.1) is 11.7 Å². The van der Waals surface area contributed by atoms with Crippen molar-refractivity contribution < 1.29 is 14.0 Å². The van der Waals surface area contributed by atoms with Gasteiger partial charge >= 0.3 is 0 Å². The van der Waals surface area contributed by atoms with E-state index in [0.29, 0.717) is 6.42 Å². The van der Waals surface area contributed by atoms with Crippen molar-refractivity contribution in [3.8, 4) is 0 Å². The van der Waals surface area contributed by atoms with E-state index in [0.717, 1.165) is 5.56 Å². The van der Waals surface area contributed by atoms with Gasteiger partial charge in [-0.05, 0) is 24.1 Å². The van der Waals surface area contributed by atoms with Crippen LogP contribution in [0.4, 0.5) is 4.39 Å². The number of imide groups is 1. The van der Waals surface area contributed by atoms with Crippen LogP contribution in [0.5, 0.6) is 0 Å². The number of rotatable bonds is 1. The van der Waals surface area contributed by atoms with Gasteiger partial charge in [-0.25, -0.2) is 4.39 Å². The fraction of sp³-hybridized carbons (Fsp3) is 0.333. The molecule has 1 heterocycles. The number of piperidine rings is 1. The van der Waals surface area contributed by atoms with Crippen LogP contribution in [0.3, 0.4) is 0 Å². The van der Waals surface area contributed by atoms with Crippen molar-refractivity contribution in [1.82, 2.24) is 4.90 Å². The minimum atomic E-state index is -0.681. The topological polar surface area (TPSA) is 37.4 Å². The largest absolute Gasteiger partial charge is 0.285 e. The first-order chi connectivity index (χ1) is 7.57. The van der Waals surface area contributed by atoms with Crippen LogP contribution in [-0.2, 0) is 15.0 Å². The van der Waals surface area contributed by atoms with Crippen molar-refractivity contribution in [2.75, 3.05) is 7.05 Å². The molecule has 0 bridgehead atoms. The Hall–Kier alpha value is -1.71. The molecule has 1 saturated carbocycles. The number of carbonyl (C=O) groups excluding carboxylic acids is 2. The van der Waals surface area contributed by atoms with Crippen LogP contribution in [0.1, 0.15) is 12.0 Å².